The number of ether oxygens (including phenoxy) is 1. The normalized spacial score (nSPS) is 10.5. The maximum atomic E-state index is 12.4. The van der Waals surface area contributed by atoms with E-state index in [-0.39, 0.29) is 23.4 Å². The zero-order chi connectivity index (χ0) is 20.3. The summed E-state index contributed by atoms with van der Waals surface area (Å²) in [6, 6.07) is 7.29. The van der Waals surface area contributed by atoms with Gasteiger partial charge in [-0.1, -0.05) is 0 Å². The van der Waals surface area contributed by atoms with Crippen LogP contribution in [-0.2, 0) is 11.3 Å². The summed E-state index contributed by atoms with van der Waals surface area (Å²) in [5, 5.41) is 16.7. The maximum absolute atomic E-state index is 12.4. The van der Waals surface area contributed by atoms with Crippen LogP contribution in [0.2, 0.25) is 0 Å². The van der Waals surface area contributed by atoms with E-state index in [1.807, 2.05) is 24.4 Å². The highest BCUT2D eigenvalue weighted by Crippen LogP contribution is 2.29. The molecular weight excluding hydrogens is 402 g/mol. The van der Waals surface area contributed by atoms with Crippen LogP contribution in [0.1, 0.15) is 30.6 Å². The number of nitro benzene ring substituents is 1. The molecule has 10 heteroatoms. The average Bonchev–Trinajstić information content (AvgIpc) is 3.33. The van der Waals surface area contributed by atoms with E-state index in [0.717, 1.165) is 32.6 Å². The van der Waals surface area contributed by atoms with Gasteiger partial charge in [0.1, 0.15) is 0 Å². The number of amides is 1. The summed E-state index contributed by atoms with van der Waals surface area (Å²) in [6.45, 7) is 2.19. The fourth-order valence-electron chi connectivity index (χ4n) is 2.44. The first-order valence-electron chi connectivity index (χ1n) is 8.04. The third-order valence-corrected chi connectivity index (χ3v) is 5.65. The van der Waals surface area contributed by atoms with Gasteiger partial charge >= 0.3 is 5.97 Å². The second-order valence-corrected chi connectivity index (χ2v) is 7.95. The lowest BCUT2D eigenvalue weighted by Crippen LogP contribution is -2.23. The highest BCUT2D eigenvalue weighted by Gasteiger charge is 2.18. The van der Waals surface area contributed by atoms with E-state index >= 15 is 0 Å². The monoisotopic (exact) mass is 417 g/mol. The molecule has 0 radical (unpaired) electrons. The van der Waals surface area contributed by atoms with Crippen molar-refractivity contribution in [1.29, 1.82) is 0 Å². The Morgan fingerprint density at radius 2 is 2.00 bits per heavy atom. The fraction of sp³-hybridized carbons (Fsp3) is 0.167. The van der Waals surface area contributed by atoms with E-state index in [1.54, 1.807) is 11.3 Å². The number of nitro groups is 1. The highest BCUT2D eigenvalue weighted by atomic mass is 32.1. The van der Waals surface area contributed by atoms with Crippen LogP contribution in [0.4, 0.5) is 5.69 Å². The Morgan fingerprint density at radius 1 is 1.25 bits per heavy atom. The number of benzene rings is 1. The number of thiophene rings is 1. The van der Waals surface area contributed by atoms with Crippen molar-refractivity contribution in [1.82, 2.24) is 10.3 Å². The van der Waals surface area contributed by atoms with Gasteiger partial charge in [0.2, 0.25) is 0 Å². The molecule has 1 amide bonds. The number of esters is 1. The molecule has 28 heavy (non-hydrogen) atoms. The molecule has 2 heterocycles. The molecule has 1 aromatic carbocycles. The lowest BCUT2D eigenvalue weighted by molar-refractivity contribution is -0.384. The molecule has 0 fully saturated rings. The van der Waals surface area contributed by atoms with Crippen LogP contribution in [0.15, 0.2) is 35.7 Å². The van der Waals surface area contributed by atoms with Crippen molar-refractivity contribution in [3.8, 4) is 10.6 Å². The minimum Gasteiger partial charge on any atom is -0.465 e. The van der Waals surface area contributed by atoms with Crippen molar-refractivity contribution in [2.45, 2.75) is 13.5 Å². The fourth-order valence-corrected chi connectivity index (χ4v) is 4.04. The van der Waals surface area contributed by atoms with Gasteiger partial charge in [-0.15, -0.1) is 22.7 Å². The lowest BCUT2D eigenvalue weighted by atomic mass is 10.1. The molecule has 0 saturated heterocycles. The Hall–Kier alpha value is -3.11. The molecule has 144 valence electrons. The number of non-ortho nitro benzene ring substituents is 1. The second-order valence-electron chi connectivity index (χ2n) is 5.72. The number of methoxy groups -OCH3 is 1. The summed E-state index contributed by atoms with van der Waals surface area (Å²) >= 11 is 3.07. The van der Waals surface area contributed by atoms with Crippen molar-refractivity contribution in [2.75, 3.05) is 7.11 Å². The molecule has 0 aliphatic heterocycles. The van der Waals surface area contributed by atoms with E-state index in [1.165, 1.54) is 24.5 Å². The molecule has 0 atom stereocenters. The first-order valence-corrected chi connectivity index (χ1v) is 9.74. The molecule has 2 aromatic heterocycles. The van der Waals surface area contributed by atoms with Crippen LogP contribution in [-0.4, -0.2) is 28.9 Å². The minimum absolute atomic E-state index is 0.0153. The van der Waals surface area contributed by atoms with Crippen molar-refractivity contribution in [3.05, 3.63) is 66.8 Å². The van der Waals surface area contributed by atoms with Gasteiger partial charge in [0.25, 0.3) is 11.6 Å². The minimum atomic E-state index is -0.751. The highest BCUT2D eigenvalue weighted by molar-refractivity contribution is 7.16. The zero-order valence-electron chi connectivity index (χ0n) is 14.9. The van der Waals surface area contributed by atoms with Crippen LogP contribution in [0.3, 0.4) is 0 Å². The van der Waals surface area contributed by atoms with Gasteiger partial charge in [-0.05, 0) is 25.1 Å². The Morgan fingerprint density at radius 3 is 2.64 bits per heavy atom. The molecule has 0 bridgehead atoms. The Balaban J connectivity index is 1.74. The molecule has 0 saturated carbocycles. The SMILES string of the molecule is COC(=O)c1cc(C(=O)NCc2ccc(-c3csc(C)n3)s2)cc([N+](=O)[O-])c1. The average molecular weight is 417 g/mol. The number of carbonyl (C=O) groups is 2. The summed E-state index contributed by atoms with van der Waals surface area (Å²) in [7, 11) is 1.17. The summed E-state index contributed by atoms with van der Waals surface area (Å²) in [4.78, 5) is 40.9. The van der Waals surface area contributed by atoms with Gasteiger partial charge in [0.15, 0.2) is 0 Å². The lowest BCUT2D eigenvalue weighted by Gasteiger charge is -2.06. The predicted molar refractivity (Wildman–Crippen MR) is 106 cm³/mol. The number of hydrogen-bond donors (Lipinski definition) is 1. The van der Waals surface area contributed by atoms with Gasteiger partial charge in [0.05, 0.1) is 39.7 Å². The molecule has 0 aliphatic rings. The van der Waals surface area contributed by atoms with Crippen molar-refractivity contribution < 1.29 is 19.2 Å². The van der Waals surface area contributed by atoms with E-state index < -0.39 is 16.8 Å². The number of rotatable bonds is 6. The summed E-state index contributed by atoms with van der Waals surface area (Å²) in [6.07, 6.45) is 0. The van der Waals surface area contributed by atoms with Gasteiger partial charge in [0, 0.05) is 28.0 Å². The Kier molecular flexibility index (Phi) is 5.81. The summed E-state index contributed by atoms with van der Waals surface area (Å²) in [5.74, 6) is -1.27. The molecule has 1 N–H and O–H groups in total. The Labute approximate surface area is 168 Å². The quantitative estimate of drug-likeness (QED) is 0.371. The number of aryl methyl sites for hydroxylation is 1. The number of nitrogens with zero attached hydrogens (tertiary/aromatic N) is 2. The van der Waals surface area contributed by atoms with Crippen LogP contribution < -0.4 is 5.32 Å². The van der Waals surface area contributed by atoms with Gasteiger partial charge in [-0.2, -0.15) is 0 Å². The molecule has 3 aromatic rings. The molecule has 0 spiro atoms. The predicted octanol–water partition coefficient (Wildman–Crippen LogP) is 3.80. The third-order valence-electron chi connectivity index (χ3n) is 3.77. The second kappa shape index (κ2) is 8.28. The zero-order valence-corrected chi connectivity index (χ0v) is 16.6. The van der Waals surface area contributed by atoms with E-state index in [2.05, 4.69) is 15.0 Å². The van der Waals surface area contributed by atoms with Crippen molar-refractivity contribution >= 4 is 40.2 Å². The molecule has 3 rings (SSSR count). The first kappa shape index (κ1) is 19.6. The van der Waals surface area contributed by atoms with Crippen LogP contribution in [0.25, 0.3) is 10.6 Å². The Bertz CT molecular complexity index is 1060. The molecule has 0 aliphatic carbocycles. The standard InChI is InChI=1S/C18H15N3O5S2/c1-10-20-15(9-27-10)16-4-3-14(28-16)8-19-17(22)11-5-12(18(23)26-2)7-13(6-11)21(24)25/h3-7,9H,8H2,1-2H3,(H,19,22). The number of hydrogen-bond acceptors (Lipinski definition) is 8. The topological polar surface area (TPSA) is 111 Å². The van der Waals surface area contributed by atoms with Crippen LogP contribution in [0, 0.1) is 17.0 Å². The van der Waals surface area contributed by atoms with Gasteiger partial charge in [-0.3, -0.25) is 14.9 Å². The molecule has 0 unspecified atom stereocenters. The first-order chi connectivity index (χ1) is 13.4. The molecular formula is C18H15N3O5S2. The third kappa shape index (κ3) is 4.41. The van der Waals surface area contributed by atoms with E-state index in [4.69, 9.17) is 0 Å². The van der Waals surface area contributed by atoms with E-state index in [9.17, 15) is 19.7 Å². The largest absolute Gasteiger partial charge is 0.465 e. The number of aromatic nitrogens is 1. The van der Waals surface area contributed by atoms with Crippen LogP contribution >= 0.6 is 22.7 Å². The maximum Gasteiger partial charge on any atom is 0.338 e. The molecule has 8 nitrogen and oxygen atoms in total. The summed E-state index contributed by atoms with van der Waals surface area (Å²) in [5.41, 5.74) is 0.498. The van der Waals surface area contributed by atoms with Crippen LogP contribution in [0.5, 0.6) is 0 Å². The smallest absolute Gasteiger partial charge is 0.338 e. The number of carbonyl (C=O) groups excluding carboxylic acids is 2. The van der Waals surface area contributed by atoms with Crippen molar-refractivity contribution in [2.24, 2.45) is 0 Å². The van der Waals surface area contributed by atoms with E-state index in [0.29, 0.717) is 0 Å². The van der Waals surface area contributed by atoms with Gasteiger partial charge in [-0.25, -0.2) is 9.78 Å². The number of nitrogens with one attached hydrogen (secondary N) is 1. The number of thiazole rings is 1. The van der Waals surface area contributed by atoms with Crippen molar-refractivity contribution in [3.63, 3.8) is 0 Å². The van der Waals surface area contributed by atoms with Gasteiger partial charge < -0.3 is 10.1 Å². The summed E-state index contributed by atoms with van der Waals surface area (Å²) < 4.78 is 4.58.